The van der Waals surface area contributed by atoms with Crippen LogP contribution in [0.1, 0.15) is 49.9 Å². The molecule has 17 rings (SSSR count). The maximum Gasteiger partial charge on any atom is 0.160 e. The van der Waals surface area contributed by atoms with Gasteiger partial charge in [0.2, 0.25) is 0 Å². The van der Waals surface area contributed by atoms with Gasteiger partial charge < -0.3 is 9.13 Å². The molecule has 4 nitrogen and oxygen atoms in total. The summed E-state index contributed by atoms with van der Waals surface area (Å²) in [6.45, 7) is 9.47. The van der Waals surface area contributed by atoms with E-state index in [0.717, 1.165) is 60.8 Å². The van der Waals surface area contributed by atoms with E-state index in [1.54, 1.807) is 0 Å². The zero-order valence-corrected chi connectivity index (χ0v) is 46.0. The number of fused-ring (bicyclic) bond motifs is 15. The quantitative estimate of drug-likeness (QED) is 0.156. The minimum Gasteiger partial charge on any atom is -0.309 e. The first-order valence-electron chi connectivity index (χ1n) is 28.6. The van der Waals surface area contributed by atoms with E-state index in [9.17, 15) is 0 Å². The second-order valence-electron chi connectivity index (χ2n) is 23.7. The third-order valence-corrected chi connectivity index (χ3v) is 18.5. The lowest BCUT2D eigenvalue weighted by Crippen LogP contribution is -2.15. The molecule has 4 heteroatoms. The van der Waals surface area contributed by atoms with Gasteiger partial charge in [-0.2, -0.15) is 0 Å². The van der Waals surface area contributed by atoms with Gasteiger partial charge in [-0.15, -0.1) is 0 Å². The van der Waals surface area contributed by atoms with Crippen LogP contribution in [0.2, 0.25) is 0 Å². The molecular weight excluding hydrogens is 993 g/mol. The molecular formula is C78H54N4. The van der Waals surface area contributed by atoms with Crippen LogP contribution in [0.3, 0.4) is 0 Å². The fraction of sp³-hybridized carbons (Fsp3) is 0.0769. The van der Waals surface area contributed by atoms with Gasteiger partial charge in [-0.25, -0.2) is 9.97 Å². The largest absolute Gasteiger partial charge is 0.309 e. The molecule has 3 aromatic heterocycles. The molecule has 0 fully saturated rings. The number of aromatic nitrogens is 4. The molecule has 0 saturated carbocycles. The number of rotatable bonds is 6. The Kier molecular flexibility index (Phi) is 9.79. The second kappa shape index (κ2) is 17.2. The molecule has 0 N–H and O–H groups in total. The van der Waals surface area contributed by atoms with E-state index in [1.807, 2.05) is 0 Å². The lowest BCUT2D eigenvalue weighted by atomic mass is 9.82. The highest BCUT2D eigenvalue weighted by atomic mass is 15.0. The number of benzene rings is 12. The molecule has 0 amide bonds. The molecule has 12 aromatic carbocycles. The van der Waals surface area contributed by atoms with Crippen molar-refractivity contribution in [3.63, 3.8) is 0 Å². The minimum absolute atomic E-state index is 0.0977. The van der Waals surface area contributed by atoms with Gasteiger partial charge in [0.25, 0.3) is 0 Å². The van der Waals surface area contributed by atoms with Crippen molar-refractivity contribution in [2.75, 3.05) is 0 Å². The van der Waals surface area contributed by atoms with Crippen molar-refractivity contribution >= 4 is 65.3 Å². The van der Waals surface area contributed by atoms with Crippen LogP contribution in [0.15, 0.2) is 255 Å². The number of nitrogens with zero attached hydrogens (tertiary/aromatic N) is 4. The van der Waals surface area contributed by atoms with Crippen LogP contribution in [0.4, 0.5) is 0 Å². The smallest absolute Gasteiger partial charge is 0.160 e. The first-order chi connectivity index (χ1) is 40.2. The molecule has 0 aliphatic heterocycles. The summed E-state index contributed by atoms with van der Waals surface area (Å²) in [7, 11) is 0. The lowest BCUT2D eigenvalue weighted by Gasteiger charge is -2.22. The van der Waals surface area contributed by atoms with Crippen molar-refractivity contribution in [2.24, 2.45) is 0 Å². The van der Waals surface area contributed by atoms with Crippen LogP contribution in [-0.2, 0) is 10.8 Å². The van der Waals surface area contributed by atoms with Crippen LogP contribution in [0.25, 0.3) is 144 Å². The molecule has 2 aliphatic rings. The van der Waals surface area contributed by atoms with E-state index in [-0.39, 0.29) is 10.8 Å². The molecule has 0 bridgehead atoms. The molecule has 3 heterocycles. The first-order valence-corrected chi connectivity index (χ1v) is 28.6. The van der Waals surface area contributed by atoms with Crippen molar-refractivity contribution < 1.29 is 0 Å². The van der Waals surface area contributed by atoms with E-state index in [2.05, 4.69) is 292 Å². The molecule has 0 unspecified atom stereocenters. The van der Waals surface area contributed by atoms with Gasteiger partial charge in [0, 0.05) is 65.6 Å². The van der Waals surface area contributed by atoms with Gasteiger partial charge in [0.1, 0.15) is 0 Å². The van der Waals surface area contributed by atoms with Crippen LogP contribution in [0, 0.1) is 0 Å². The third kappa shape index (κ3) is 6.73. The zero-order chi connectivity index (χ0) is 54.6. The Hall–Kier alpha value is -10.2. The Morgan fingerprint density at radius 2 is 0.744 bits per heavy atom. The summed E-state index contributed by atoms with van der Waals surface area (Å²) < 4.78 is 4.95. The van der Waals surface area contributed by atoms with Gasteiger partial charge in [-0.1, -0.05) is 204 Å². The summed E-state index contributed by atoms with van der Waals surface area (Å²) in [5.41, 5.74) is 26.2. The summed E-state index contributed by atoms with van der Waals surface area (Å²) in [6, 6.07) is 94.3. The van der Waals surface area contributed by atoms with Crippen molar-refractivity contribution in [3.8, 4) is 78.5 Å². The fourth-order valence-electron chi connectivity index (χ4n) is 14.4. The van der Waals surface area contributed by atoms with Crippen molar-refractivity contribution in [1.82, 2.24) is 19.1 Å². The van der Waals surface area contributed by atoms with E-state index < -0.39 is 0 Å². The SMILES string of the molecule is CC1(C)c2ccccc2-c2ccc(-n3c4ccccc4c4cc(-c5ccc6c(c5)c5cc(-c7cccc(-c8nc(-c9ccccc9)c9ccc%10ccccc%10c9n8)c7)ccc5n6-c5ccc6c(c5)C(C)(C)c5ccccc5-6)ccc43)cc21. The van der Waals surface area contributed by atoms with Crippen molar-refractivity contribution in [1.29, 1.82) is 0 Å². The number of hydrogen-bond acceptors (Lipinski definition) is 2. The molecule has 0 saturated heterocycles. The van der Waals surface area contributed by atoms with Crippen LogP contribution >= 0.6 is 0 Å². The van der Waals surface area contributed by atoms with E-state index >= 15 is 0 Å². The molecule has 386 valence electrons. The molecule has 0 spiro atoms. The molecule has 82 heavy (non-hydrogen) atoms. The topological polar surface area (TPSA) is 35.6 Å². The van der Waals surface area contributed by atoms with Gasteiger partial charge >= 0.3 is 0 Å². The fourth-order valence-corrected chi connectivity index (χ4v) is 14.4. The van der Waals surface area contributed by atoms with E-state index in [1.165, 1.54) is 99.4 Å². The monoisotopic (exact) mass is 1050 g/mol. The standard InChI is InChI=1S/C78H54N4/c1-77(2)66-26-13-10-23-57(66)59-36-33-54(45-68(59)77)81-70-28-15-12-25-61(70)63-42-51(31-38-71(63)81)52-32-40-73-65(44-52)64-43-50(30-39-72(64)82(73)55-34-37-60-58-24-11-14-27-67(58)78(3,4)69(60)46-55)49-20-16-21-53(41-49)76-79-74(48-18-6-5-7-19-48)62-35-29-47-17-8-9-22-56(47)75(62)80-76/h5-46H,1-4H3. The van der Waals surface area contributed by atoms with Crippen molar-refractivity contribution in [3.05, 3.63) is 277 Å². The summed E-state index contributed by atoms with van der Waals surface area (Å²) in [5.74, 6) is 0.704. The Balaban J connectivity index is 0.830. The summed E-state index contributed by atoms with van der Waals surface area (Å²) in [6.07, 6.45) is 0. The summed E-state index contributed by atoms with van der Waals surface area (Å²) in [5, 5.41) is 8.20. The Morgan fingerprint density at radius 3 is 1.35 bits per heavy atom. The van der Waals surface area contributed by atoms with E-state index in [4.69, 9.17) is 9.97 Å². The Morgan fingerprint density at radius 1 is 0.280 bits per heavy atom. The molecule has 15 aromatic rings. The predicted octanol–water partition coefficient (Wildman–Crippen LogP) is 20.3. The number of para-hydroxylation sites is 1. The van der Waals surface area contributed by atoms with Crippen molar-refractivity contribution in [2.45, 2.75) is 38.5 Å². The molecule has 2 aliphatic carbocycles. The van der Waals surface area contributed by atoms with E-state index in [0.29, 0.717) is 5.82 Å². The average Bonchev–Trinajstić information content (AvgIpc) is 4.39. The van der Waals surface area contributed by atoms with Gasteiger partial charge in [-0.05, 0) is 151 Å². The second-order valence-corrected chi connectivity index (χ2v) is 23.7. The van der Waals surface area contributed by atoms with Crippen LogP contribution in [0.5, 0.6) is 0 Å². The average molecular weight is 1050 g/mol. The maximum atomic E-state index is 5.37. The number of hydrogen-bond donors (Lipinski definition) is 0. The highest BCUT2D eigenvalue weighted by Crippen LogP contribution is 2.52. The van der Waals surface area contributed by atoms with Crippen LogP contribution < -0.4 is 0 Å². The summed E-state index contributed by atoms with van der Waals surface area (Å²) in [4.78, 5) is 10.7. The van der Waals surface area contributed by atoms with Gasteiger partial charge in [-0.3, -0.25) is 0 Å². The zero-order valence-electron chi connectivity index (χ0n) is 46.0. The predicted molar refractivity (Wildman–Crippen MR) is 343 cm³/mol. The normalized spacial score (nSPS) is 13.8. The Labute approximate surface area is 475 Å². The third-order valence-electron chi connectivity index (χ3n) is 18.5. The molecule has 0 radical (unpaired) electrons. The van der Waals surface area contributed by atoms with Crippen LogP contribution in [-0.4, -0.2) is 19.1 Å². The summed E-state index contributed by atoms with van der Waals surface area (Å²) >= 11 is 0. The Bertz CT molecular complexity index is 5220. The minimum atomic E-state index is -0.138. The highest BCUT2D eigenvalue weighted by Gasteiger charge is 2.37. The lowest BCUT2D eigenvalue weighted by molar-refractivity contribution is 0.660. The van der Waals surface area contributed by atoms with Gasteiger partial charge in [0.05, 0.1) is 33.3 Å². The highest BCUT2D eigenvalue weighted by molar-refractivity contribution is 6.14. The maximum absolute atomic E-state index is 5.37. The first kappa shape index (κ1) is 46.7. The van der Waals surface area contributed by atoms with Gasteiger partial charge in [0.15, 0.2) is 5.82 Å². The molecule has 0 atom stereocenters.